The quantitative estimate of drug-likeness (QED) is 0.709. The molecule has 0 spiro atoms. The number of aliphatic hydroxyl groups excluding tert-OH is 1. The maximum atomic E-state index is 12.5. The van der Waals surface area contributed by atoms with E-state index in [-0.39, 0.29) is 30.2 Å². The van der Waals surface area contributed by atoms with Gasteiger partial charge in [0.05, 0.1) is 6.10 Å². The van der Waals surface area contributed by atoms with Gasteiger partial charge in [-0.15, -0.1) is 0 Å². The number of hydrogen-bond acceptors (Lipinski definition) is 3. The third kappa shape index (κ3) is 5.56. The van der Waals surface area contributed by atoms with Crippen molar-refractivity contribution in [3.8, 4) is 0 Å². The van der Waals surface area contributed by atoms with Crippen LogP contribution < -0.4 is 10.6 Å². The Kier molecular flexibility index (Phi) is 7.00. The maximum absolute atomic E-state index is 12.5. The van der Waals surface area contributed by atoms with Gasteiger partial charge in [-0.1, -0.05) is 44.4 Å². The van der Waals surface area contributed by atoms with Gasteiger partial charge in [-0.2, -0.15) is 0 Å². The highest BCUT2D eigenvalue weighted by atomic mass is 16.3. The van der Waals surface area contributed by atoms with E-state index in [9.17, 15) is 14.7 Å². The summed E-state index contributed by atoms with van der Waals surface area (Å²) in [4.78, 5) is 24.9. The van der Waals surface area contributed by atoms with Crippen molar-refractivity contribution in [3.05, 3.63) is 35.4 Å². The number of hydrogen-bond donors (Lipinski definition) is 3. The van der Waals surface area contributed by atoms with Crippen molar-refractivity contribution >= 4 is 11.8 Å². The molecule has 2 atom stereocenters. The Bertz CT molecular complexity index is 577. The second-order valence-electron chi connectivity index (χ2n) is 7.42. The van der Waals surface area contributed by atoms with Gasteiger partial charge in [-0.05, 0) is 43.7 Å². The Balaban J connectivity index is 1.91. The normalized spacial score (nSPS) is 17.3. The minimum absolute atomic E-state index is 0.0435. The van der Waals surface area contributed by atoms with Gasteiger partial charge >= 0.3 is 0 Å². The Hall–Kier alpha value is -1.88. The van der Waals surface area contributed by atoms with Crippen LogP contribution in [0.5, 0.6) is 0 Å². The fourth-order valence-electron chi connectivity index (χ4n) is 3.29. The molecule has 5 nitrogen and oxygen atoms in total. The first kappa shape index (κ1) is 19.4. The molecule has 0 bridgehead atoms. The fraction of sp³-hybridized carbons (Fsp3) is 0.600. The number of carbonyl (C=O) groups is 2. The molecule has 2 amide bonds. The summed E-state index contributed by atoms with van der Waals surface area (Å²) in [5.41, 5.74) is 1.62. The second kappa shape index (κ2) is 8.99. The predicted molar refractivity (Wildman–Crippen MR) is 98.2 cm³/mol. The number of nitrogens with one attached hydrogen (secondary N) is 2. The van der Waals surface area contributed by atoms with Crippen molar-refractivity contribution in [2.75, 3.05) is 6.54 Å². The topological polar surface area (TPSA) is 78.4 Å². The highest BCUT2D eigenvalue weighted by molar-refractivity contribution is 5.97. The highest BCUT2D eigenvalue weighted by Gasteiger charge is 2.27. The zero-order valence-electron chi connectivity index (χ0n) is 15.4. The minimum atomic E-state index is -0.621. The van der Waals surface area contributed by atoms with Crippen molar-refractivity contribution in [3.63, 3.8) is 0 Å². The van der Waals surface area contributed by atoms with E-state index in [1.54, 1.807) is 12.1 Å². The fourth-order valence-corrected chi connectivity index (χ4v) is 3.29. The molecule has 138 valence electrons. The van der Waals surface area contributed by atoms with Gasteiger partial charge in [-0.3, -0.25) is 9.59 Å². The molecule has 0 aromatic heterocycles. The lowest BCUT2D eigenvalue weighted by molar-refractivity contribution is -0.124. The molecule has 3 N–H and O–H groups in total. The summed E-state index contributed by atoms with van der Waals surface area (Å²) in [6.07, 6.45) is 3.84. The van der Waals surface area contributed by atoms with Crippen LogP contribution in [0.3, 0.4) is 0 Å². The first-order chi connectivity index (χ1) is 11.9. The zero-order chi connectivity index (χ0) is 18.4. The summed E-state index contributed by atoms with van der Waals surface area (Å²) in [5.74, 6) is -0.268. The lowest BCUT2D eigenvalue weighted by Gasteiger charge is -2.24. The smallest absolute Gasteiger partial charge is 0.251 e. The van der Waals surface area contributed by atoms with Gasteiger partial charge in [0.2, 0.25) is 5.91 Å². The molecular weight excluding hydrogens is 316 g/mol. The summed E-state index contributed by atoms with van der Waals surface area (Å²) >= 11 is 0. The van der Waals surface area contributed by atoms with Crippen LogP contribution in [0, 0.1) is 18.8 Å². The van der Waals surface area contributed by atoms with E-state index in [4.69, 9.17) is 0 Å². The molecule has 1 saturated carbocycles. The van der Waals surface area contributed by atoms with E-state index in [2.05, 4.69) is 10.6 Å². The summed E-state index contributed by atoms with van der Waals surface area (Å²) in [6, 6.07) is 6.63. The summed E-state index contributed by atoms with van der Waals surface area (Å²) < 4.78 is 0. The lowest BCUT2D eigenvalue weighted by atomic mass is 9.99. The zero-order valence-corrected chi connectivity index (χ0v) is 15.4. The van der Waals surface area contributed by atoms with Crippen LogP contribution in [0.1, 0.15) is 55.5 Å². The molecule has 0 saturated heterocycles. The van der Waals surface area contributed by atoms with E-state index >= 15 is 0 Å². The second-order valence-corrected chi connectivity index (χ2v) is 7.42. The van der Waals surface area contributed by atoms with E-state index in [1.165, 1.54) is 0 Å². The van der Waals surface area contributed by atoms with Gasteiger partial charge < -0.3 is 15.7 Å². The van der Waals surface area contributed by atoms with Gasteiger partial charge in [0.25, 0.3) is 5.91 Å². The largest absolute Gasteiger partial charge is 0.391 e. The van der Waals surface area contributed by atoms with E-state index in [0.29, 0.717) is 5.56 Å². The number of aryl methyl sites for hydroxylation is 1. The molecular formula is C20H30N2O3. The molecule has 5 heteroatoms. The molecule has 0 radical (unpaired) electrons. The van der Waals surface area contributed by atoms with Crippen LogP contribution in [-0.4, -0.2) is 35.6 Å². The molecule has 1 aromatic carbocycles. The third-order valence-electron chi connectivity index (χ3n) is 4.98. The molecule has 2 rings (SSSR count). The van der Waals surface area contributed by atoms with Crippen LogP contribution in [0.25, 0.3) is 0 Å². The van der Waals surface area contributed by atoms with Gasteiger partial charge in [-0.25, -0.2) is 0 Å². The maximum Gasteiger partial charge on any atom is 0.251 e. The van der Waals surface area contributed by atoms with Crippen LogP contribution in [-0.2, 0) is 4.79 Å². The Morgan fingerprint density at radius 3 is 2.32 bits per heavy atom. The molecule has 1 aromatic rings. The van der Waals surface area contributed by atoms with Gasteiger partial charge in [0, 0.05) is 12.1 Å². The Labute approximate surface area is 150 Å². The van der Waals surface area contributed by atoms with Crippen LogP contribution in [0.4, 0.5) is 0 Å². The van der Waals surface area contributed by atoms with E-state index in [0.717, 1.165) is 31.2 Å². The van der Waals surface area contributed by atoms with Crippen LogP contribution in [0.2, 0.25) is 0 Å². The van der Waals surface area contributed by atoms with Crippen molar-refractivity contribution in [2.24, 2.45) is 11.8 Å². The van der Waals surface area contributed by atoms with E-state index in [1.807, 2.05) is 32.9 Å². The molecule has 0 aliphatic heterocycles. The first-order valence-corrected chi connectivity index (χ1v) is 9.21. The molecule has 25 heavy (non-hydrogen) atoms. The lowest BCUT2D eigenvalue weighted by Crippen LogP contribution is -2.51. The molecule has 1 fully saturated rings. The third-order valence-corrected chi connectivity index (χ3v) is 4.98. The molecule has 2 unspecified atom stereocenters. The number of rotatable bonds is 7. The van der Waals surface area contributed by atoms with Crippen LogP contribution in [0.15, 0.2) is 24.3 Å². The number of aliphatic hydroxyl groups is 1. The first-order valence-electron chi connectivity index (χ1n) is 9.21. The average molecular weight is 346 g/mol. The monoisotopic (exact) mass is 346 g/mol. The van der Waals surface area contributed by atoms with Crippen molar-refractivity contribution in [1.29, 1.82) is 0 Å². The van der Waals surface area contributed by atoms with Crippen LogP contribution >= 0.6 is 0 Å². The van der Waals surface area contributed by atoms with E-state index < -0.39 is 12.1 Å². The summed E-state index contributed by atoms with van der Waals surface area (Å²) in [5, 5.41) is 15.8. The summed E-state index contributed by atoms with van der Waals surface area (Å²) in [7, 11) is 0. The Morgan fingerprint density at radius 2 is 1.76 bits per heavy atom. The summed E-state index contributed by atoms with van der Waals surface area (Å²) in [6.45, 7) is 6.00. The average Bonchev–Trinajstić information content (AvgIpc) is 3.12. The number of amides is 2. The number of benzene rings is 1. The molecule has 0 heterocycles. The minimum Gasteiger partial charge on any atom is -0.391 e. The SMILES string of the molecule is Cc1ccc(C(=O)NC(C(=O)NCC(O)C2CCCC2)C(C)C)cc1. The number of carbonyl (C=O) groups excluding carboxylic acids is 2. The van der Waals surface area contributed by atoms with Crippen molar-refractivity contribution in [1.82, 2.24) is 10.6 Å². The molecule has 1 aliphatic rings. The van der Waals surface area contributed by atoms with Crippen molar-refractivity contribution in [2.45, 2.75) is 58.6 Å². The predicted octanol–water partition coefficient (Wildman–Crippen LogP) is 2.42. The molecule has 1 aliphatic carbocycles. The van der Waals surface area contributed by atoms with Crippen molar-refractivity contribution < 1.29 is 14.7 Å². The standard InChI is InChI=1S/C20H30N2O3/c1-13(2)18(22-19(24)16-10-8-14(3)9-11-16)20(25)21-12-17(23)15-6-4-5-7-15/h8-11,13,15,17-18,23H,4-7,12H2,1-3H3,(H,21,25)(H,22,24). The highest BCUT2D eigenvalue weighted by Crippen LogP contribution is 2.27. The van der Waals surface area contributed by atoms with Gasteiger partial charge in [0.15, 0.2) is 0 Å². The van der Waals surface area contributed by atoms with Gasteiger partial charge in [0.1, 0.15) is 6.04 Å². The Morgan fingerprint density at radius 1 is 1.16 bits per heavy atom.